The summed E-state index contributed by atoms with van der Waals surface area (Å²) >= 11 is 6.11. The summed E-state index contributed by atoms with van der Waals surface area (Å²) < 4.78 is 5.26. The number of halogens is 1. The van der Waals surface area contributed by atoms with E-state index in [0.717, 1.165) is 25.9 Å². The molecule has 2 aromatic carbocycles. The molecule has 0 aromatic heterocycles. The molecular weight excluding hydrogens is 590 g/mol. The number of Topliss-reactive ketones (excluding diaryl/α,β-unsaturated/α-hetero) is 1. The lowest BCUT2D eigenvalue weighted by Gasteiger charge is -2.15. The van der Waals surface area contributed by atoms with Crippen LogP contribution in [0.4, 0.5) is 11.4 Å². The summed E-state index contributed by atoms with van der Waals surface area (Å²) in [5.74, 6) is -2.00. The highest BCUT2D eigenvalue weighted by Gasteiger charge is 2.25. The van der Waals surface area contributed by atoms with Crippen LogP contribution in [0.2, 0.25) is 5.02 Å². The zero-order valence-electron chi connectivity index (χ0n) is 26.1. The predicted octanol–water partition coefficient (Wildman–Crippen LogP) is 2.88. The Morgan fingerprint density at radius 1 is 0.909 bits per heavy atom. The number of nitrogens with zero attached hydrogens (tertiary/aromatic N) is 4. The van der Waals surface area contributed by atoms with Crippen molar-refractivity contribution in [1.29, 1.82) is 0 Å². The molecule has 240 valence electrons. The molecule has 1 atom stereocenters. The van der Waals surface area contributed by atoms with Crippen LogP contribution in [0.5, 0.6) is 5.75 Å². The van der Waals surface area contributed by atoms with Gasteiger partial charge in [-0.05, 0) is 90.9 Å². The molecule has 1 unspecified atom stereocenters. The smallest absolute Gasteiger partial charge is 0.258 e. The van der Waals surface area contributed by atoms with E-state index in [1.54, 1.807) is 0 Å². The number of aliphatic hydroxyl groups is 1. The molecule has 13 nitrogen and oxygen atoms in total. The van der Waals surface area contributed by atoms with Gasteiger partial charge in [-0.2, -0.15) is 10.2 Å². The van der Waals surface area contributed by atoms with E-state index in [-0.39, 0.29) is 39.9 Å². The number of carbonyl (C=O) groups excluding carboxylic acids is 4. The molecule has 0 bridgehead atoms. The number of hydrogen-bond donors (Lipinski definition) is 4. The third-order valence-electron chi connectivity index (χ3n) is 6.30. The Kier molecular flexibility index (Phi) is 14.9. The summed E-state index contributed by atoms with van der Waals surface area (Å²) in [5.41, 5.74) is 0.976. The van der Waals surface area contributed by atoms with Gasteiger partial charge >= 0.3 is 0 Å². The zero-order valence-corrected chi connectivity index (χ0v) is 26.8. The largest absolute Gasteiger partial charge is 0.495 e. The van der Waals surface area contributed by atoms with Crippen molar-refractivity contribution < 1.29 is 29.0 Å². The predicted molar refractivity (Wildman–Crippen MR) is 169 cm³/mol. The number of anilines is 1. The van der Waals surface area contributed by atoms with E-state index in [4.69, 9.17) is 16.3 Å². The van der Waals surface area contributed by atoms with E-state index in [0.29, 0.717) is 18.7 Å². The van der Waals surface area contributed by atoms with Crippen LogP contribution in [0.1, 0.15) is 46.0 Å². The fourth-order valence-electron chi connectivity index (χ4n) is 3.96. The Morgan fingerprint density at radius 3 is 1.91 bits per heavy atom. The van der Waals surface area contributed by atoms with Gasteiger partial charge in [0, 0.05) is 35.3 Å². The van der Waals surface area contributed by atoms with E-state index >= 15 is 0 Å². The second-order valence-electron chi connectivity index (χ2n) is 10.6. The van der Waals surface area contributed by atoms with E-state index in [2.05, 4.69) is 26.2 Å². The lowest BCUT2D eigenvalue weighted by molar-refractivity contribution is -0.126. The first-order valence-electron chi connectivity index (χ1n) is 14.1. The van der Waals surface area contributed by atoms with Crippen molar-refractivity contribution in [3.8, 4) is 5.75 Å². The Bertz CT molecular complexity index is 1300. The Labute approximate surface area is 263 Å². The van der Waals surface area contributed by atoms with Crippen LogP contribution in [0.3, 0.4) is 0 Å². The normalized spacial score (nSPS) is 12.0. The van der Waals surface area contributed by atoms with Crippen LogP contribution in [0.15, 0.2) is 40.6 Å². The number of ether oxygens (including phenoxy) is 1. The molecule has 2 rings (SSSR count). The molecule has 0 aliphatic heterocycles. The molecule has 0 radical (unpaired) electrons. The maximum atomic E-state index is 13.1. The maximum absolute atomic E-state index is 13.1. The summed E-state index contributed by atoms with van der Waals surface area (Å²) in [5, 5.41) is 26.1. The molecule has 0 fully saturated rings. The van der Waals surface area contributed by atoms with Gasteiger partial charge in [-0.1, -0.05) is 11.6 Å². The van der Waals surface area contributed by atoms with Gasteiger partial charge in [0.05, 0.1) is 25.1 Å². The highest BCUT2D eigenvalue weighted by atomic mass is 35.5. The minimum Gasteiger partial charge on any atom is -0.495 e. The average Bonchev–Trinajstić information content (AvgIpc) is 2.97. The van der Waals surface area contributed by atoms with Crippen molar-refractivity contribution in [2.24, 2.45) is 10.2 Å². The molecular formula is C30H42ClN7O6. The molecule has 4 N–H and O–H groups in total. The van der Waals surface area contributed by atoms with Gasteiger partial charge in [-0.25, -0.2) is 0 Å². The molecule has 44 heavy (non-hydrogen) atoms. The Balaban J connectivity index is 2.34. The highest BCUT2D eigenvalue weighted by Crippen LogP contribution is 2.32. The van der Waals surface area contributed by atoms with Crippen LogP contribution < -0.4 is 20.7 Å². The topological polar surface area (TPSA) is 165 Å². The van der Waals surface area contributed by atoms with Gasteiger partial charge in [0.1, 0.15) is 5.75 Å². The molecule has 0 saturated heterocycles. The van der Waals surface area contributed by atoms with Crippen LogP contribution in [0, 0.1) is 0 Å². The van der Waals surface area contributed by atoms with Gasteiger partial charge in [0.15, 0.2) is 5.78 Å². The molecule has 0 heterocycles. The summed E-state index contributed by atoms with van der Waals surface area (Å²) in [6.07, 6.45) is 1.45. The van der Waals surface area contributed by atoms with E-state index in [9.17, 15) is 24.3 Å². The lowest BCUT2D eigenvalue weighted by atomic mass is 10.1. The van der Waals surface area contributed by atoms with Gasteiger partial charge in [0.2, 0.25) is 6.04 Å². The minimum absolute atomic E-state index is 0.107. The van der Waals surface area contributed by atoms with Crippen molar-refractivity contribution in [2.75, 3.05) is 66.8 Å². The van der Waals surface area contributed by atoms with Crippen LogP contribution >= 0.6 is 11.6 Å². The van der Waals surface area contributed by atoms with Gasteiger partial charge in [-0.3, -0.25) is 19.2 Å². The first-order chi connectivity index (χ1) is 20.9. The molecule has 2 aromatic rings. The van der Waals surface area contributed by atoms with Crippen molar-refractivity contribution >= 4 is 46.5 Å². The van der Waals surface area contributed by atoms with Crippen LogP contribution in [-0.2, 0) is 16.2 Å². The number of aliphatic hydroxyl groups excluding tert-OH is 1. The number of azo groups is 1. The second-order valence-corrected chi connectivity index (χ2v) is 11.0. The Morgan fingerprint density at radius 2 is 1.45 bits per heavy atom. The van der Waals surface area contributed by atoms with Crippen molar-refractivity contribution in [2.45, 2.75) is 32.4 Å². The first-order valence-corrected chi connectivity index (χ1v) is 14.4. The third kappa shape index (κ3) is 11.6. The second kappa shape index (κ2) is 18.0. The van der Waals surface area contributed by atoms with Crippen molar-refractivity contribution in [3.05, 3.63) is 52.0 Å². The fourth-order valence-corrected chi connectivity index (χ4v) is 4.17. The lowest BCUT2D eigenvalue weighted by Crippen LogP contribution is -2.32. The number of hydrogen-bond acceptors (Lipinski definition) is 10. The van der Waals surface area contributed by atoms with E-state index in [1.807, 2.05) is 38.0 Å². The molecule has 14 heteroatoms. The quantitative estimate of drug-likeness (QED) is 0.118. The monoisotopic (exact) mass is 631 g/mol. The van der Waals surface area contributed by atoms with E-state index < -0.39 is 29.5 Å². The van der Waals surface area contributed by atoms with Crippen molar-refractivity contribution in [1.82, 2.24) is 20.4 Å². The standard InChI is InChI=1S/C30H42ClN7O6/c1-19(40)27(30(43)34-25-16-22(18-39)24(31)17-26(25)44-6)36-35-23-14-20(28(41)32-9-7-11-37(2)3)13-21(15-23)29(42)33-10-8-12-38(4)5/h13-17,27,39H,7-12,18H2,1-6H3,(H,32,41)(H,33,42)(H,34,43). The first kappa shape index (κ1) is 36.3. The molecule has 3 amide bonds. The third-order valence-corrected chi connectivity index (χ3v) is 6.65. The fraction of sp³-hybridized carbons (Fsp3) is 0.467. The molecule has 0 aliphatic carbocycles. The van der Waals surface area contributed by atoms with Gasteiger partial charge in [0.25, 0.3) is 17.7 Å². The summed E-state index contributed by atoms with van der Waals surface area (Å²) in [6, 6.07) is 5.62. The molecule has 0 aliphatic rings. The summed E-state index contributed by atoms with van der Waals surface area (Å²) in [6.45, 7) is 3.22. The number of nitrogens with one attached hydrogen (secondary N) is 3. The summed E-state index contributed by atoms with van der Waals surface area (Å²) in [4.78, 5) is 55.4. The summed E-state index contributed by atoms with van der Waals surface area (Å²) in [7, 11) is 9.13. The van der Waals surface area contributed by atoms with Crippen LogP contribution in [0.25, 0.3) is 0 Å². The number of rotatable bonds is 17. The van der Waals surface area contributed by atoms with Crippen molar-refractivity contribution in [3.63, 3.8) is 0 Å². The van der Waals surface area contributed by atoms with E-state index in [1.165, 1.54) is 44.4 Å². The number of methoxy groups -OCH3 is 1. The Hall–Kier alpha value is -3.91. The minimum atomic E-state index is -1.56. The SMILES string of the molecule is COc1cc(Cl)c(CO)cc1NC(=O)C(N=Nc1cc(C(=O)NCCCN(C)C)cc(C(=O)NCCCN(C)C)c1)C(C)=O. The van der Waals surface area contributed by atoms with Crippen LogP contribution in [-0.4, -0.2) is 106 Å². The zero-order chi connectivity index (χ0) is 32.8. The number of carbonyl (C=O) groups is 4. The molecule has 0 spiro atoms. The van der Waals surface area contributed by atoms with Gasteiger partial charge < -0.3 is 35.6 Å². The van der Waals surface area contributed by atoms with Gasteiger partial charge in [-0.15, -0.1) is 0 Å². The average molecular weight is 632 g/mol. The number of benzene rings is 2. The number of amides is 3. The maximum Gasteiger partial charge on any atom is 0.258 e. The number of ketones is 1. The molecule has 0 saturated carbocycles. The highest BCUT2D eigenvalue weighted by molar-refractivity contribution is 6.31.